The molecule has 6 rings (SSSR count). The first-order valence-corrected chi connectivity index (χ1v) is 11.8. The van der Waals surface area contributed by atoms with Crippen molar-refractivity contribution >= 4 is 39.7 Å². The Hall–Kier alpha value is -3.26. The van der Waals surface area contributed by atoms with E-state index < -0.39 is 0 Å². The van der Waals surface area contributed by atoms with Crippen molar-refractivity contribution in [3.8, 4) is 0 Å². The molecule has 1 saturated carbocycles. The first kappa shape index (κ1) is 20.4. The molecular weight excluding hydrogens is 438 g/mol. The molecule has 1 aliphatic carbocycles. The molecule has 0 radical (unpaired) electrons. The molecule has 0 aromatic carbocycles. The van der Waals surface area contributed by atoms with Crippen molar-refractivity contribution in [1.82, 2.24) is 24.6 Å². The smallest absolute Gasteiger partial charge is 0.163 e. The molecule has 2 fully saturated rings. The number of aromatic nitrogens is 5. The second-order valence-corrected chi connectivity index (χ2v) is 9.17. The zero-order valence-corrected chi connectivity index (χ0v) is 18.9. The van der Waals surface area contributed by atoms with E-state index in [0.717, 1.165) is 59.7 Å². The lowest BCUT2D eigenvalue weighted by Crippen LogP contribution is -2.37. The molecule has 8 nitrogen and oxygen atoms in total. The third-order valence-corrected chi connectivity index (χ3v) is 6.71. The number of pyridine rings is 3. The third-order valence-electron chi connectivity index (χ3n) is 6.50. The fourth-order valence-corrected chi connectivity index (χ4v) is 4.65. The van der Waals surface area contributed by atoms with Gasteiger partial charge in [-0.25, -0.2) is 4.98 Å². The van der Waals surface area contributed by atoms with Crippen LogP contribution in [0.4, 0.5) is 5.69 Å². The van der Waals surface area contributed by atoms with Crippen LogP contribution < -0.4 is 4.90 Å². The van der Waals surface area contributed by atoms with Gasteiger partial charge in [0.2, 0.25) is 0 Å². The number of piperidine rings is 1. The minimum absolute atomic E-state index is 0.287. The summed E-state index contributed by atoms with van der Waals surface area (Å²) < 4.78 is 1.94. The highest BCUT2D eigenvalue weighted by Gasteiger charge is 2.28. The SMILES string of the molecule is Clc1ccc2c(n1)c(N1CCC(/C(=N/OCC3CC3)c3ccccn3)CC1)cc1nncn12. The van der Waals surface area contributed by atoms with Gasteiger partial charge in [-0.2, -0.15) is 0 Å². The maximum atomic E-state index is 6.26. The molecule has 0 bridgehead atoms. The number of nitrogens with zero attached hydrogens (tertiary/aromatic N) is 7. The van der Waals surface area contributed by atoms with Crippen LogP contribution in [0, 0.1) is 11.8 Å². The molecule has 9 heteroatoms. The van der Waals surface area contributed by atoms with Gasteiger partial charge in [-0.1, -0.05) is 22.8 Å². The van der Waals surface area contributed by atoms with E-state index in [1.165, 1.54) is 12.8 Å². The van der Waals surface area contributed by atoms with Crippen molar-refractivity contribution in [2.75, 3.05) is 24.6 Å². The van der Waals surface area contributed by atoms with Crippen molar-refractivity contribution in [3.63, 3.8) is 0 Å². The maximum absolute atomic E-state index is 6.26. The van der Waals surface area contributed by atoms with Crippen LogP contribution in [0.25, 0.3) is 16.7 Å². The first-order chi connectivity index (χ1) is 16.3. The molecule has 168 valence electrons. The van der Waals surface area contributed by atoms with E-state index in [9.17, 15) is 0 Å². The van der Waals surface area contributed by atoms with Gasteiger partial charge in [0.05, 0.1) is 16.9 Å². The van der Waals surface area contributed by atoms with Gasteiger partial charge in [-0.15, -0.1) is 10.2 Å². The molecule has 0 atom stereocenters. The quantitative estimate of drug-likeness (QED) is 0.241. The molecule has 4 aromatic rings. The summed E-state index contributed by atoms with van der Waals surface area (Å²) in [7, 11) is 0. The summed E-state index contributed by atoms with van der Waals surface area (Å²) in [6.07, 6.45) is 7.91. The van der Waals surface area contributed by atoms with Gasteiger partial charge in [0, 0.05) is 31.3 Å². The third kappa shape index (κ3) is 4.11. The highest BCUT2D eigenvalue weighted by atomic mass is 35.5. The Bertz CT molecular complexity index is 1310. The highest BCUT2D eigenvalue weighted by Crippen LogP contribution is 2.33. The standard InChI is InChI=1S/C24H24ClN7O/c25-21-7-6-19-24(28-21)20(13-22-29-27-15-32(19)22)31-11-8-17(9-12-31)23(18-3-1-2-10-26-18)30-33-14-16-4-5-16/h1-3,6-7,10,13,15-17H,4-5,8-9,11-12,14H2/b30-23-. The van der Waals surface area contributed by atoms with Crippen LogP contribution in [-0.4, -0.2) is 50.0 Å². The van der Waals surface area contributed by atoms with E-state index in [1.807, 2.05) is 40.9 Å². The van der Waals surface area contributed by atoms with Crippen LogP contribution in [0.1, 0.15) is 31.4 Å². The fourth-order valence-electron chi connectivity index (χ4n) is 4.51. The van der Waals surface area contributed by atoms with E-state index in [-0.39, 0.29) is 5.92 Å². The lowest BCUT2D eigenvalue weighted by Gasteiger charge is -2.34. The predicted molar refractivity (Wildman–Crippen MR) is 128 cm³/mol. The lowest BCUT2D eigenvalue weighted by molar-refractivity contribution is 0.132. The molecule has 1 saturated heterocycles. The van der Waals surface area contributed by atoms with Gasteiger partial charge in [-0.3, -0.25) is 9.38 Å². The average Bonchev–Trinajstić information content (AvgIpc) is 3.56. The minimum atomic E-state index is 0.287. The summed E-state index contributed by atoms with van der Waals surface area (Å²) in [6.45, 7) is 2.44. The number of hydrogen-bond acceptors (Lipinski definition) is 7. The average molecular weight is 462 g/mol. The number of hydrogen-bond donors (Lipinski definition) is 0. The number of anilines is 1. The normalized spacial score (nSPS) is 17.7. The Morgan fingerprint density at radius 1 is 1.12 bits per heavy atom. The summed E-state index contributed by atoms with van der Waals surface area (Å²) in [5, 5.41) is 13.4. The summed E-state index contributed by atoms with van der Waals surface area (Å²) in [6, 6.07) is 11.8. The monoisotopic (exact) mass is 461 g/mol. The van der Waals surface area contributed by atoms with E-state index in [0.29, 0.717) is 17.7 Å². The van der Waals surface area contributed by atoms with Crippen LogP contribution >= 0.6 is 11.6 Å². The Balaban J connectivity index is 1.27. The molecule has 0 amide bonds. The maximum Gasteiger partial charge on any atom is 0.163 e. The molecule has 4 aromatic heterocycles. The summed E-state index contributed by atoms with van der Waals surface area (Å²) >= 11 is 6.26. The van der Waals surface area contributed by atoms with Crippen molar-refractivity contribution < 1.29 is 4.84 Å². The minimum Gasteiger partial charge on any atom is -0.395 e. The molecular formula is C24H24ClN7O. The van der Waals surface area contributed by atoms with Gasteiger partial charge in [0.25, 0.3) is 0 Å². The van der Waals surface area contributed by atoms with Gasteiger partial charge in [0.15, 0.2) is 5.65 Å². The summed E-state index contributed by atoms with van der Waals surface area (Å²) in [4.78, 5) is 17.3. The Morgan fingerprint density at radius 2 is 2.00 bits per heavy atom. The summed E-state index contributed by atoms with van der Waals surface area (Å²) in [5.41, 5.74) is 5.49. The van der Waals surface area contributed by atoms with Crippen molar-refractivity contribution in [3.05, 3.63) is 59.8 Å². The lowest BCUT2D eigenvalue weighted by atomic mass is 9.89. The topological polar surface area (TPSA) is 80.8 Å². The summed E-state index contributed by atoms with van der Waals surface area (Å²) in [5.74, 6) is 0.954. The zero-order valence-electron chi connectivity index (χ0n) is 18.1. The second kappa shape index (κ2) is 8.59. The number of rotatable bonds is 6. The van der Waals surface area contributed by atoms with Crippen molar-refractivity contribution in [1.29, 1.82) is 0 Å². The second-order valence-electron chi connectivity index (χ2n) is 8.78. The number of halogens is 1. The zero-order chi connectivity index (χ0) is 22.2. The number of oxime groups is 1. The van der Waals surface area contributed by atoms with Crippen molar-refractivity contribution in [2.45, 2.75) is 25.7 Å². The van der Waals surface area contributed by atoms with Crippen LogP contribution in [0.2, 0.25) is 5.15 Å². The first-order valence-electron chi connectivity index (χ1n) is 11.4. The van der Waals surface area contributed by atoms with E-state index >= 15 is 0 Å². The van der Waals surface area contributed by atoms with Crippen LogP contribution in [0.15, 0.2) is 54.1 Å². The molecule has 1 aliphatic heterocycles. The Labute approximate surface area is 196 Å². The Kier molecular flexibility index (Phi) is 5.30. The highest BCUT2D eigenvalue weighted by molar-refractivity contribution is 6.29. The number of fused-ring (bicyclic) bond motifs is 3. The van der Waals surface area contributed by atoms with Gasteiger partial charge < -0.3 is 9.74 Å². The van der Waals surface area contributed by atoms with Crippen LogP contribution in [0.3, 0.4) is 0 Å². The largest absolute Gasteiger partial charge is 0.395 e. The van der Waals surface area contributed by atoms with Crippen LogP contribution in [-0.2, 0) is 4.84 Å². The van der Waals surface area contributed by atoms with E-state index in [4.69, 9.17) is 16.4 Å². The van der Waals surface area contributed by atoms with Gasteiger partial charge >= 0.3 is 0 Å². The van der Waals surface area contributed by atoms with Crippen LogP contribution in [0.5, 0.6) is 0 Å². The van der Waals surface area contributed by atoms with Crippen molar-refractivity contribution in [2.24, 2.45) is 17.0 Å². The van der Waals surface area contributed by atoms with Gasteiger partial charge in [-0.05, 0) is 55.9 Å². The molecule has 33 heavy (non-hydrogen) atoms. The molecule has 2 aliphatic rings. The van der Waals surface area contributed by atoms with Gasteiger partial charge in [0.1, 0.15) is 29.3 Å². The Morgan fingerprint density at radius 3 is 2.79 bits per heavy atom. The molecule has 0 unspecified atom stereocenters. The molecule has 5 heterocycles. The predicted octanol–water partition coefficient (Wildman–Crippen LogP) is 4.37. The molecule has 0 N–H and O–H groups in total. The van der Waals surface area contributed by atoms with E-state index in [1.54, 1.807) is 12.4 Å². The fraction of sp³-hybridized carbons (Fsp3) is 0.375. The van der Waals surface area contributed by atoms with E-state index in [2.05, 4.69) is 30.2 Å². The molecule has 0 spiro atoms.